The smallest absolute Gasteiger partial charge is 0.258 e. The lowest BCUT2D eigenvalue weighted by Crippen LogP contribution is -2.14. The number of anilines is 1. The molecule has 1 N–H and O–H groups in total. The number of halogens is 3. The van der Waals surface area contributed by atoms with E-state index in [1.54, 1.807) is 13.0 Å². The third-order valence-electron chi connectivity index (χ3n) is 2.63. The van der Waals surface area contributed by atoms with Gasteiger partial charge in [-0.05, 0) is 52.7 Å². The van der Waals surface area contributed by atoms with Crippen molar-refractivity contribution < 1.29 is 13.6 Å². The van der Waals surface area contributed by atoms with Crippen LogP contribution in [0.5, 0.6) is 0 Å². The number of carbonyl (C=O) groups excluding carboxylic acids is 1. The van der Waals surface area contributed by atoms with Gasteiger partial charge >= 0.3 is 0 Å². The molecule has 0 aliphatic carbocycles. The van der Waals surface area contributed by atoms with Crippen molar-refractivity contribution in [3.8, 4) is 0 Å². The second-order valence-electron chi connectivity index (χ2n) is 4.02. The number of amides is 1. The molecule has 0 bridgehead atoms. The van der Waals surface area contributed by atoms with E-state index in [0.29, 0.717) is 11.3 Å². The maximum atomic E-state index is 13.5. The lowest BCUT2D eigenvalue weighted by atomic mass is 10.1. The Labute approximate surface area is 117 Å². The van der Waals surface area contributed by atoms with E-state index < -0.39 is 17.5 Å². The largest absolute Gasteiger partial charge is 0.322 e. The van der Waals surface area contributed by atoms with Crippen LogP contribution in [0.15, 0.2) is 40.9 Å². The molecule has 2 aromatic rings. The zero-order valence-electron chi connectivity index (χ0n) is 10.0. The number of hydrogen-bond donors (Lipinski definition) is 1. The molecule has 0 aliphatic heterocycles. The first-order valence-electron chi connectivity index (χ1n) is 5.50. The zero-order valence-corrected chi connectivity index (χ0v) is 11.6. The van der Waals surface area contributed by atoms with Gasteiger partial charge in [-0.15, -0.1) is 0 Å². The molecule has 0 unspecified atom stereocenters. The van der Waals surface area contributed by atoms with Crippen molar-refractivity contribution in [2.75, 3.05) is 5.32 Å². The second kappa shape index (κ2) is 5.48. The predicted octanol–water partition coefficient (Wildman–Crippen LogP) is 4.29. The maximum Gasteiger partial charge on any atom is 0.258 e. The molecule has 2 rings (SSSR count). The van der Waals surface area contributed by atoms with Gasteiger partial charge in [0.05, 0.1) is 10.0 Å². The molecule has 5 heteroatoms. The fourth-order valence-electron chi connectivity index (χ4n) is 1.62. The minimum atomic E-state index is -0.598. The fraction of sp³-hybridized carbons (Fsp3) is 0.0714. The molecule has 0 atom stereocenters. The van der Waals surface area contributed by atoms with Crippen molar-refractivity contribution in [2.24, 2.45) is 0 Å². The molecule has 0 fully saturated rings. The number of hydrogen-bond acceptors (Lipinski definition) is 1. The molecule has 0 aromatic heterocycles. The van der Waals surface area contributed by atoms with E-state index in [2.05, 4.69) is 21.2 Å². The van der Waals surface area contributed by atoms with Gasteiger partial charge in [0.15, 0.2) is 0 Å². The van der Waals surface area contributed by atoms with Gasteiger partial charge in [-0.25, -0.2) is 8.78 Å². The highest BCUT2D eigenvalue weighted by Gasteiger charge is 2.13. The Morgan fingerprint density at radius 1 is 1.16 bits per heavy atom. The first-order chi connectivity index (χ1) is 8.99. The van der Waals surface area contributed by atoms with Crippen molar-refractivity contribution in [2.45, 2.75) is 6.92 Å². The fourth-order valence-corrected chi connectivity index (χ4v) is 1.96. The molecule has 0 saturated heterocycles. The van der Waals surface area contributed by atoms with Crippen LogP contribution in [0, 0.1) is 18.6 Å². The van der Waals surface area contributed by atoms with Crippen LogP contribution in [-0.4, -0.2) is 5.91 Å². The quantitative estimate of drug-likeness (QED) is 0.876. The standard InChI is InChI=1S/C14H10BrF2NO/c1-8-6-12(17)10(15)7-13(8)18-14(19)9-4-2-3-5-11(9)16/h2-7H,1H3,(H,18,19). The summed E-state index contributed by atoms with van der Waals surface area (Å²) in [6, 6.07) is 8.42. The van der Waals surface area contributed by atoms with Crippen LogP contribution in [0.3, 0.4) is 0 Å². The van der Waals surface area contributed by atoms with E-state index in [1.807, 2.05) is 0 Å². The Morgan fingerprint density at radius 3 is 2.53 bits per heavy atom. The van der Waals surface area contributed by atoms with Crippen LogP contribution in [-0.2, 0) is 0 Å². The Hall–Kier alpha value is -1.75. The highest BCUT2D eigenvalue weighted by molar-refractivity contribution is 9.10. The minimum absolute atomic E-state index is 0.0534. The average molecular weight is 326 g/mol. The summed E-state index contributed by atoms with van der Waals surface area (Å²) in [5.41, 5.74) is 0.939. The highest BCUT2D eigenvalue weighted by atomic mass is 79.9. The second-order valence-corrected chi connectivity index (χ2v) is 4.87. The van der Waals surface area contributed by atoms with Crippen molar-refractivity contribution in [3.05, 3.63) is 63.6 Å². The summed E-state index contributed by atoms with van der Waals surface area (Å²) in [7, 11) is 0. The summed E-state index contributed by atoms with van der Waals surface area (Å²) in [6.07, 6.45) is 0. The molecule has 2 nitrogen and oxygen atoms in total. The van der Waals surface area contributed by atoms with Crippen LogP contribution >= 0.6 is 15.9 Å². The molecule has 0 spiro atoms. The molecule has 0 radical (unpaired) electrons. The number of carbonyl (C=O) groups is 1. The third-order valence-corrected chi connectivity index (χ3v) is 3.24. The van der Waals surface area contributed by atoms with Crippen LogP contribution < -0.4 is 5.32 Å². The number of nitrogens with one attached hydrogen (secondary N) is 1. The molecule has 1 amide bonds. The molecule has 0 heterocycles. The molecule has 0 aliphatic rings. The van der Waals surface area contributed by atoms with Gasteiger partial charge < -0.3 is 5.32 Å². The van der Waals surface area contributed by atoms with E-state index in [0.717, 1.165) is 0 Å². The predicted molar refractivity (Wildman–Crippen MR) is 73.2 cm³/mol. The Morgan fingerprint density at radius 2 is 1.84 bits per heavy atom. The molecular formula is C14H10BrF2NO. The molecule has 0 saturated carbocycles. The van der Waals surface area contributed by atoms with E-state index in [9.17, 15) is 13.6 Å². The Balaban J connectivity index is 2.30. The van der Waals surface area contributed by atoms with E-state index in [4.69, 9.17) is 0 Å². The first-order valence-corrected chi connectivity index (χ1v) is 6.30. The van der Waals surface area contributed by atoms with Gasteiger partial charge in [0, 0.05) is 5.69 Å². The number of rotatable bonds is 2. The molecular weight excluding hydrogens is 316 g/mol. The van der Waals surface area contributed by atoms with Gasteiger partial charge in [0.25, 0.3) is 5.91 Å². The van der Waals surface area contributed by atoms with E-state index in [-0.39, 0.29) is 10.0 Å². The van der Waals surface area contributed by atoms with Crippen molar-refractivity contribution >= 4 is 27.5 Å². The van der Waals surface area contributed by atoms with E-state index >= 15 is 0 Å². The van der Waals surface area contributed by atoms with Crippen LogP contribution in [0.25, 0.3) is 0 Å². The molecule has 2 aromatic carbocycles. The molecule has 19 heavy (non-hydrogen) atoms. The summed E-state index contributed by atoms with van der Waals surface area (Å²) < 4.78 is 27.0. The van der Waals surface area contributed by atoms with Crippen molar-refractivity contribution in [1.29, 1.82) is 0 Å². The number of aryl methyl sites for hydroxylation is 1. The Kier molecular flexibility index (Phi) is 3.95. The Bertz CT molecular complexity index is 643. The van der Waals surface area contributed by atoms with Gasteiger partial charge in [0.2, 0.25) is 0 Å². The summed E-state index contributed by atoms with van der Waals surface area (Å²) in [5.74, 6) is -1.58. The van der Waals surface area contributed by atoms with Crippen LogP contribution in [0.1, 0.15) is 15.9 Å². The van der Waals surface area contributed by atoms with Gasteiger partial charge in [0.1, 0.15) is 11.6 Å². The lowest BCUT2D eigenvalue weighted by Gasteiger charge is -2.10. The summed E-state index contributed by atoms with van der Waals surface area (Å²) in [4.78, 5) is 11.9. The summed E-state index contributed by atoms with van der Waals surface area (Å²) in [5, 5.41) is 2.56. The van der Waals surface area contributed by atoms with Gasteiger partial charge in [-0.3, -0.25) is 4.79 Å². The summed E-state index contributed by atoms with van der Waals surface area (Å²) >= 11 is 3.04. The van der Waals surface area contributed by atoms with Crippen molar-refractivity contribution in [3.63, 3.8) is 0 Å². The van der Waals surface area contributed by atoms with Crippen molar-refractivity contribution in [1.82, 2.24) is 0 Å². The normalized spacial score (nSPS) is 10.3. The van der Waals surface area contributed by atoms with Crippen LogP contribution in [0.2, 0.25) is 0 Å². The zero-order chi connectivity index (χ0) is 14.0. The first kappa shape index (κ1) is 13.7. The molecule has 98 valence electrons. The van der Waals surface area contributed by atoms with Gasteiger partial charge in [-0.1, -0.05) is 12.1 Å². The monoisotopic (exact) mass is 325 g/mol. The van der Waals surface area contributed by atoms with E-state index in [1.165, 1.54) is 30.3 Å². The topological polar surface area (TPSA) is 29.1 Å². The average Bonchev–Trinajstić information content (AvgIpc) is 2.36. The third kappa shape index (κ3) is 2.98. The highest BCUT2D eigenvalue weighted by Crippen LogP contribution is 2.24. The minimum Gasteiger partial charge on any atom is -0.322 e. The number of benzene rings is 2. The summed E-state index contributed by atoms with van der Waals surface area (Å²) in [6.45, 7) is 1.66. The maximum absolute atomic E-state index is 13.5. The lowest BCUT2D eigenvalue weighted by molar-refractivity contribution is 0.102. The van der Waals surface area contributed by atoms with Gasteiger partial charge in [-0.2, -0.15) is 0 Å². The van der Waals surface area contributed by atoms with Crippen LogP contribution in [0.4, 0.5) is 14.5 Å². The SMILES string of the molecule is Cc1cc(F)c(Br)cc1NC(=O)c1ccccc1F.